The predicted molar refractivity (Wildman–Crippen MR) is 81.3 cm³/mol. The molecular formula is C15H36N2O. The van der Waals surface area contributed by atoms with Gasteiger partial charge in [-0.2, -0.15) is 0 Å². The maximum Gasteiger partial charge on any atom is 0.0749 e. The molecule has 0 saturated heterocycles. The highest BCUT2D eigenvalue weighted by Crippen LogP contribution is 2.09. The first-order valence-electron chi connectivity index (χ1n) is 7.97. The summed E-state index contributed by atoms with van der Waals surface area (Å²) in [5.74, 6) is 0. The number of hydroxylamine groups is 1. The van der Waals surface area contributed by atoms with Gasteiger partial charge in [0.15, 0.2) is 0 Å². The van der Waals surface area contributed by atoms with Crippen LogP contribution in [0.5, 0.6) is 0 Å². The normalized spacial score (nSPS) is 10.0. The van der Waals surface area contributed by atoms with Crippen molar-refractivity contribution in [3.05, 3.63) is 5.21 Å². The van der Waals surface area contributed by atoms with E-state index in [2.05, 4.69) is 6.92 Å². The Morgan fingerprint density at radius 2 is 1.17 bits per heavy atom. The van der Waals surface area contributed by atoms with Gasteiger partial charge in [-0.3, -0.25) is 0 Å². The molecule has 4 N–H and O–H groups in total. The van der Waals surface area contributed by atoms with Gasteiger partial charge < -0.3 is 16.4 Å². The highest BCUT2D eigenvalue weighted by atomic mass is 16.5. The van der Waals surface area contributed by atoms with E-state index in [1.54, 1.807) is 0 Å². The number of rotatable bonds is 12. The van der Waals surface area contributed by atoms with Gasteiger partial charge in [0.25, 0.3) is 0 Å². The van der Waals surface area contributed by atoms with E-state index in [4.69, 9.17) is 5.73 Å². The van der Waals surface area contributed by atoms with Crippen molar-refractivity contribution >= 4 is 0 Å². The van der Waals surface area contributed by atoms with Crippen molar-refractivity contribution in [2.24, 2.45) is 5.73 Å². The molecule has 0 aromatic heterocycles. The SMILES string of the molecule is CCCCCCCCCCCCN.CCC[NH2+][O-]. The van der Waals surface area contributed by atoms with Gasteiger partial charge in [0, 0.05) is 0 Å². The molecule has 0 amide bonds. The van der Waals surface area contributed by atoms with Crippen molar-refractivity contribution in [2.45, 2.75) is 84.5 Å². The van der Waals surface area contributed by atoms with Crippen molar-refractivity contribution < 1.29 is 5.48 Å². The standard InChI is InChI=1S/C12H27N.C3H9NO/c1-2-3-4-5-6-7-8-9-10-11-12-13;1-2-3-4-5/h2-13H2,1H3;2-4H2,1H3. The van der Waals surface area contributed by atoms with Gasteiger partial charge >= 0.3 is 0 Å². The summed E-state index contributed by atoms with van der Waals surface area (Å²) >= 11 is 0. The Balaban J connectivity index is 0. The van der Waals surface area contributed by atoms with Gasteiger partial charge in [-0.1, -0.05) is 71.6 Å². The maximum atomic E-state index is 9.40. The molecule has 0 spiro atoms. The van der Waals surface area contributed by atoms with E-state index in [0.29, 0.717) is 6.54 Å². The summed E-state index contributed by atoms with van der Waals surface area (Å²) in [6.07, 6.45) is 14.9. The van der Waals surface area contributed by atoms with E-state index in [1.165, 1.54) is 64.2 Å². The lowest BCUT2D eigenvalue weighted by atomic mass is 10.1. The van der Waals surface area contributed by atoms with Crippen LogP contribution >= 0.6 is 0 Å². The molecule has 112 valence electrons. The number of unbranched alkanes of at least 4 members (excludes halogenated alkanes) is 9. The van der Waals surface area contributed by atoms with Gasteiger partial charge in [-0.05, 0) is 19.4 Å². The first kappa shape index (κ1) is 20.2. The number of quaternary nitrogens is 1. The van der Waals surface area contributed by atoms with Crippen LogP contribution in [-0.4, -0.2) is 13.1 Å². The molecule has 0 unspecified atom stereocenters. The summed E-state index contributed by atoms with van der Waals surface area (Å²) in [5.41, 5.74) is 6.35. The minimum Gasteiger partial charge on any atom is -0.636 e. The Hall–Kier alpha value is -0.120. The summed E-state index contributed by atoms with van der Waals surface area (Å²) in [6.45, 7) is 5.83. The van der Waals surface area contributed by atoms with E-state index >= 15 is 0 Å². The zero-order chi connectivity index (χ0) is 13.9. The largest absolute Gasteiger partial charge is 0.636 e. The molecule has 18 heavy (non-hydrogen) atoms. The topological polar surface area (TPSA) is 65.7 Å². The van der Waals surface area contributed by atoms with Crippen LogP contribution in [0.1, 0.15) is 84.5 Å². The third-order valence-electron chi connectivity index (χ3n) is 2.96. The molecule has 0 aromatic rings. The van der Waals surface area contributed by atoms with Gasteiger partial charge in [0.05, 0.1) is 6.54 Å². The summed E-state index contributed by atoms with van der Waals surface area (Å²) in [7, 11) is 0. The number of hydrogen-bond acceptors (Lipinski definition) is 2. The molecule has 3 heteroatoms. The van der Waals surface area contributed by atoms with Crippen molar-refractivity contribution in [1.82, 2.24) is 0 Å². The third kappa shape index (κ3) is 24.9. The molecule has 0 aromatic carbocycles. The van der Waals surface area contributed by atoms with Crippen molar-refractivity contribution in [1.29, 1.82) is 0 Å². The van der Waals surface area contributed by atoms with E-state index in [0.717, 1.165) is 18.4 Å². The molecule has 0 radical (unpaired) electrons. The lowest BCUT2D eigenvalue weighted by Gasteiger charge is -2.00. The fraction of sp³-hybridized carbons (Fsp3) is 1.00. The van der Waals surface area contributed by atoms with Crippen LogP contribution in [0.25, 0.3) is 0 Å². The smallest absolute Gasteiger partial charge is 0.0749 e. The second-order valence-corrected chi connectivity index (χ2v) is 4.93. The molecule has 0 rings (SSSR count). The molecule has 0 fully saturated rings. The van der Waals surface area contributed by atoms with Gasteiger partial charge in [0.1, 0.15) is 0 Å². The lowest BCUT2D eigenvalue weighted by Crippen LogP contribution is -2.77. The van der Waals surface area contributed by atoms with Crippen molar-refractivity contribution in [3.8, 4) is 0 Å². The van der Waals surface area contributed by atoms with Crippen LogP contribution in [-0.2, 0) is 0 Å². The molecule has 0 heterocycles. The molecule has 0 atom stereocenters. The maximum absolute atomic E-state index is 9.40. The zero-order valence-electron chi connectivity index (χ0n) is 12.8. The Labute approximate surface area is 114 Å². The second kappa shape index (κ2) is 22.1. The molecule has 3 nitrogen and oxygen atoms in total. The highest BCUT2D eigenvalue weighted by Gasteiger charge is 1.91. The first-order chi connectivity index (χ1) is 8.83. The van der Waals surface area contributed by atoms with Crippen LogP contribution in [0.2, 0.25) is 0 Å². The van der Waals surface area contributed by atoms with Crippen LogP contribution in [0.15, 0.2) is 0 Å². The quantitative estimate of drug-likeness (QED) is 0.417. The molecule has 0 bridgehead atoms. The predicted octanol–water partition coefficient (Wildman–Crippen LogP) is 3.32. The van der Waals surface area contributed by atoms with Gasteiger partial charge in [-0.25, -0.2) is 0 Å². The average Bonchev–Trinajstić information content (AvgIpc) is 2.39. The monoisotopic (exact) mass is 260 g/mol. The lowest BCUT2D eigenvalue weighted by molar-refractivity contribution is -0.588. The molecule has 0 aliphatic carbocycles. The van der Waals surface area contributed by atoms with Crippen LogP contribution in [0.4, 0.5) is 0 Å². The van der Waals surface area contributed by atoms with Crippen LogP contribution in [0, 0.1) is 5.21 Å². The summed E-state index contributed by atoms with van der Waals surface area (Å²) in [4.78, 5) is 0. The number of hydrogen-bond donors (Lipinski definition) is 2. The molecule has 0 saturated carbocycles. The number of nitrogens with two attached hydrogens (primary N) is 2. The Morgan fingerprint density at radius 3 is 1.44 bits per heavy atom. The van der Waals surface area contributed by atoms with Crippen LogP contribution in [0.3, 0.4) is 0 Å². The van der Waals surface area contributed by atoms with E-state index in [-0.39, 0.29) is 0 Å². The van der Waals surface area contributed by atoms with Gasteiger partial charge in [-0.15, -0.1) is 0 Å². The highest BCUT2D eigenvalue weighted by molar-refractivity contribution is 4.47. The zero-order valence-corrected chi connectivity index (χ0v) is 12.8. The first-order valence-corrected chi connectivity index (χ1v) is 7.97. The van der Waals surface area contributed by atoms with Gasteiger partial charge in [0.2, 0.25) is 0 Å². The fourth-order valence-corrected chi connectivity index (χ4v) is 1.75. The van der Waals surface area contributed by atoms with Crippen LogP contribution < -0.4 is 11.2 Å². The minimum atomic E-state index is 0.708. The Kier molecular flexibility index (Phi) is 24.8. The third-order valence-corrected chi connectivity index (χ3v) is 2.96. The van der Waals surface area contributed by atoms with Crippen molar-refractivity contribution in [3.63, 3.8) is 0 Å². The molecule has 0 aliphatic rings. The van der Waals surface area contributed by atoms with E-state index in [9.17, 15) is 5.21 Å². The summed E-state index contributed by atoms with van der Waals surface area (Å²) in [6, 6.07) is 0. The summed E-state index contributed by atoms with van der Waals surface area (Å²) < 4.78 is 0. The minimum absolute atomic E-state index is 0.708. The summed E-state index contributed by atoms with van der Waals surface area (Å²) in [5, 5.41) is 9.40. The van der Waals surface area contributed by atoms with E-state index < -0.39 is 0 Å². The second-order valence-electron chi connectivity index (χ2n) is 4.93. The van der Waals surface area contributed by atoms with Crippen molar-refractivity contribution in [2.75, 3.05) is 13.1 Å². The Morgan fingerprint density at radius 1 is 0.722 bits per heavy atom. The Bertz CT molecular complexity index is 109. The fourth-order valence-electron chi connectivity index (χ4n) is 1.75. The molecular weight excluding hydrogens is 224 g/mol. The average molecular weight is 260 g/mol. The van der Waals surface area contributed by atoms with E-state index in [1.807, 2.05) is 6.92 Å². The molecule has 0 aliphatic heterocycles.